The van der Waals surface area contributed by atoms with Crippen LogP contribution in [0, 0.1) is 6.92 Å². The number of pyridine rings is 1. The second-order valence-corrected chi connectivity index (χ2v) is 5.49. The molecule has 0 fully saturated rings. The number of aryl methyl sites for hydroxylation is 1. The van der Waals surface area contributed by atoms with E-state index in [2.05, 4.69) is 20.9 Å². The van der Waals surface area contributed by atoms with Crippen molar-refractivity contribution in [3.05, 3.63) is 57.8 Å². The molecule has 0 spiro atoms. The zero-order chi connectivity index (χ0) is 13.8. The van der Waals surface area contributed by atoms with E-state index in [4.69, 9.17) is 22.7 Å². The number of halogens is 1. The second kappa shape index (κ2) is 6.12. The standard InChI is InChI=1S/C14H13BrN2OS/c1-9-4-10(14(16)19)2-3-11(9)8-18-13-5-12(15)6-17-7-13/h2-7H,8H2,1H3,(H2,16,19). The monoisotopic (exact) mass is 336 g/mol. The topological polar surface area (TPSA) is 48.1 Å². The molecule has 1 heterocycles. The quantitative estimate of drug-likeness (QED) is 0.869. The molecule has 19 heavy (non-hydrogen) atoms. The molecule has 1 aromatic heterocycles. The van der Waals surface area contributed by atoms with Gasteiger partial charge >= 0.3 is 0 Å². The predicted octanol–water partition coefficient (Wildman–Crippen LogP) is 3.37. The molecule has 0 atom stereocenters. The van der Waals surface area contributed by atoms with Gasteiger partial charge in [0.25, 0.3) is 0 Å². The minimum atomic E-state index is 0.409. The molecule has 2 aromatic rings. The first-order chi connectivity index (χ1) is 9.06. The average Bonchev–Trinajstić information content (AvgIpc) is 2.37. The van der Waals surface area contributed by atoms with Gasteiger partial charge in [-0.1, -0.05) is 24.4 Å². The van der Waals surface area contributed by atoms with Crippen LogP contribution in [0.3, 0.4) is 0 Å². The first-order valence-corrected chi connectivity index (χ1v) is 6.89. The largest absolute Gasteiger partial charge is 0.487 e. The fourth-order valence-corrected chi connectivity index (χ4v) is 2.11. The highest BCUT2D eigenvalue weighted by atomic mass is 79.9. The van der Waals surface area contributed by atoms with Gasteiger partial charge in [-0.15, -0.1) is 0 Å². The average molecular weight is 337 g/mol. The lowest BCUT2D eigenvalue weighted by Gasteiger charge is -2.10. The SMILES string of the molecule is Cc1cc(C(N)=S)ccc1COc1cncc(Br)c1. The second-order valence-electron chi connectivity index (χ2n) is 4.13. The highest BCUT2D eigenvalue weighted by Crippen LogP contribution is 2.18. The van der Waals surface area contributed by atoms with E-state index in [9.17, 15) is 0 Å². The van der Waals surface area contributed by atoms with Crippen molar-refractivity contribution >= 4 is 33.1 Å². The fourth-order valence-electron chi connectivity index (χ4n) is 1.64. The number of benzene rings is 1. The van der Waals surface area contributed by atoms with Gasteiger partial charge in [-0.3, -0.25) is 4.98 Å². The molecule has 2 N–H and O–H groups in total. The lowest BCUT2D eigenvalue weighted by Crippen LogP contribution is -2.10. The van der Waals surface area contributed by atoms with Gasteiger partial charge in [-0.05, 0) is 46.1 Å². The minimum absolute atomic E-state index is 0.409. The third-order valence-corrected chi connectivity index (χ3v) is 3.37. The van der Waals surface area contributed by atoms with E-state index in [-0.39, 0.29) is 0 Å². The maximum Gasteiger partial charge on any atom is 0.139 e. The lowest BCUT2D eigenvalue weighted by molar-refractivity contribution is 0.304. The summed E-state index contributed by atoms with van der Waals surface area (Å²) in [5, 5.41) is 0. The van der Waals surface area contributed by atoms with Gasteiger partial charge in [-0.2, -0.15) is 0 Å². The Morgan fingerprint density at radius 2 is 2.16 bits per heavy atom. The van der Waals surface area contributed by atoms with E-state index in [0.29, 0.717) is 11.6 Å². The summed E-state index contributed by atoms with van der Waals surface area (Å²) in [6.07, 6.45) is 3.40. The molecule has 0 aliphatic rings. The third-order valence-electron chi connectivity index (χ3n) is 2.70. The summed E-state index contributed by atoms with van der Waals surface area (Å²) in [6, 6.07) is 7.74. The summed E-state index contributed by atoms with van der Waals surface area (Å²) in [6.45, 7) is 2.50. The van der Waals surface area contributed by atoms with Crippen LogP contribution in [0.5, 0.6) is 5.75 Å². The van der Waals surface area contributed by atoms with Crippen molar-refractivity contribution in [3.8, 4) is 5.75 Å². The van der Waals surface area contributed by atoms with Crippen LogP contribution in [-0.2, 0) is 6.61 Å². The van der Waals surface area contributed by atoms with E-state index in [0.717, 1.165) is 26.9 Å². The molecule has 0 radical (unpaired) electrons. The first-order valence-electron chi connectivity index (χ1n) is 5.69. The number of nitrogens with two attached hydrogens (primary N) is 1. The minimum Gasteiger partial charge on any atom is -0.487 e. The van der Waals surface area contributed by atoms with Crippen LogP contribution < -0.4 is 10.5 Å². The van der Waals surface area contributed by atoms with E-state index < -0.39 is 0 Å². The van der Waals surface area contributed by atoms with E-state index in [1.807, 2.05) is 31.2 Å². The van der Waals surface area contributed by atoms with E-state index in [1.54, 1.807) is 12.4 Å². The maximum atomic E-state index is 5.70. The molecule has 0 saturated heterocycles. The summed E-state index contributed by atoms with van der Waals surface area (Å²) >= 11 is 8.31. The van der Waals surface area contributed by atoms with Crippen molar-refractivity contribution in [3.63, 3.8) is 0 Å². The Hall–Kier alpha value is -1.46. The number of rotatable bonds is 4. The Balaban J connectivity index is 2.10. The van der Waals surface area contributed by atoms with Crippen molar-refractivity contribution in [2.75, 3.05) is 0 Å². The zero-order valence-corrected chi connectivity index (χ0v) is 12.8. The van der Waals surface area contributed by atoms with Gasteiger partial charge in [0.05, 0.1) is 6.20 Å². The number of hydrogen-bond donors (Lipinski definition) is 1. The van der Waals surface area contributed by atoms with Gasteiger partial charge < -0.3 is 10.5 Å². The van der Waals surface area contributed by atoms with E-state index in [1.165, 1.54) is 0 Å². The zero-order valence-electron chi connectivity index (χ0n) is 10.4. The number of aromatic nitrogens is 1. The molecular formula is C14H13BrN2OS. The van der Waals surface area contributed by atoms with Crippen molar-refractivity contribution in [2.45, 2.75) is 13.5 Å². The van der Waals surface area contributed by atoms with Gasteiger partial charge in [0.15, 0.2) is 0 Å². The molecular weight excluding hydrogens is 324 g/mol. The van der Waals surface area contributed by atoms with Crippen LogP contribution >= 0.6 is 28.1 Å². The Morgan fingerprint density at radius 1 is 1.37 bits per heavy atom. The molecule has 0 unspecified atom stereocenters. The number of nitrogens with zero attached hydrogens (tertiary/aromatic N) is 1. The number of ether oxygens (including phenoxy) is 1. The van der Waals surface area contributed by atoms with Crippen molar-refractivity contribution in [1.82, 2.24) is 4.98 Å². The molecule has 98 valence electrons. The number of thiocarbonyl (C=S) groups is 1. The van der Waals surface area contributed by atoms with Crippen LogP contribution in [0.1, 0.15) is 16.7 Å². The Morgan fingerprint density at radius 3 is 2.79 bits per heavy atom. The van der Waals surface area contributed by atoms with Crippen LogP contribution in [0.25, 0.3) is 0 Å². The van der Waals surface area contributed by atoms with Crippen LogP contribution in [0.4, 0.5) is 0 Å². The summed E-state index contributed by atoms with van der Waals surface area (Å²) in [5.41, 5.74) is 8.68. The van der Waals surface area contributed by atoms with Gasteiger partial charge in [-0.25, -0.2) is 0 Å². The van der Waals surface area contributed by atoms with Gasteiger partial charge in [0.2, 0.25) is 0 Å². The molecule has 3 nitrogen and oxygen atoms in total. The lowest BCUT2D eigenvalue weighted by atomic mass is 10.1. The fraction of sp³-hybridized carbons (Fsp3) is 0.143. The molecule has 0 saturated carbocycles. The molecule has 0 amide bonds. The predicted molar refractivity (Wildman–Crippen MR) is 83.3 cm³/mol. The summed E-state index contributed by atoms with van der Waals surface area (Å²) in [4.78, 5) is 4.46. The Bertz CT molecular complexity index is 616. The molecule has 0 aliphatic carbocycles. The first kappa shape index (κ1) is 14.0. The summed E-state index contributed by atoms with van der Waals surface area (Å²) in [7, 11) is 0. The number of hydrogen-bond acceptors (Lipinski definition) is 3. The van der Waals surface area contributed by atoms with Crippen LogP contribution in [0.15, 0.2) is 41.1 Å². The highest BCUT2D eigenvalue weighted by molar-refractivity contribution is 9.10. The smallest absolute Gasteiger partial charge is 0.139 e. The Kier molecular flexibility index (Phi) is 4.50. The van der Waals surface area contributed by atoms with Crippen molar-refractivity contribution in [1.29, 1.82) is 0 Å². The van der Waals surface area contributed by atoms with Gasteiger partial charge in [0.1, 0.15) is 17.3 Å². The highest BCUT2D eigenvalue weighted by Gasteiger charge is 2.03. The van der Waals surface area contributed by atoms with Crippen LogP contribution in [0.2, 0.25) is 0 Å². The van der Waals surface area contributed by atoms with E-state index >= 15 is 0 Å². The normalized spacial score (nSPS) is 10.2. The molecule has 0 aliphatic heterocycles. The van der Waals surface area contributed by atoms with Crippen molar-refractivity contribution < 1.29 is 4.74 Å². The van der Waals surface area contributed by atoms with Gasteiger partial charge in [0, 0.05) is 16.2 Å². The summed E-state index contributed by atoms with van der Waals surface area (Å²) < 4.78 is 6.59. The third kappa shape index (κ3) is 3.75. The molecule has 1 aromatic carbocycles. The molecule has 0 bridgehead atoms. The van der Waals surface area contributed by atoms with Crippen molar-refractivity contribution in [2.24, 2.45) is 5.73 Å². The molecule has 2 rings (SSSR count). The van der Waals surface area contributed by atoms with Crippen LogP contribution in [-0.4, -0.2) is 9.97 Å². The molecule has 5 heteroatoms. The maximum absolute atomic E-state index is 5.70. The Labute approximate surface area is 125 Å². The summed E-state index contributed by atoms with van der Waals surface area (Å²) in [5.74, 6) is 0.729.